The zero-order valence-corrected chi connectivity index (χ0v) is 13.5. The number of aromatic nitrogens is 2. The molecule has 6 nitrogen and oxygen atoms in total. The van der Waals surface area contributed by atoms with E-state index in [0.717, 1.165) is 6.04 Å². The van der Waals surface area contributed by atoms with E-state index in [4.69, 9.17) is 14.7 Å². The van der Waals surface area contributed by atoms with Gasteiger partial charge in [-0.3, -0.25) is 0 Å². The van der Waals surface area contributed by atoms with Gasteiger partial charge in [-0.15, -0.1) is 0 Å². The van der Waals surface area contributed by atoms with E-state index in [9.17, 15) is 4.79 Å². The fourth-order valence-electron chi connectivity index (χ4n) is 1.46. The summed E-state index contributed by atoms with van der Waals surface area (Å²) in [6.45, 7) is 9.70. The Balaban J connectivity index is 2.60. The van der Waals surface area contributed by atoms with Crippen LogP contribution in [0, 0.1) is 11.3 Å². The Morgan fingerprint density at radius 3 is 2.75 bits per heavy atom. The number of carbonyl (C=O) groups is 1. The van der Waals surface area contributed by atoms with Gasteiger partial charge in [-0.2, -0.15) is 10.4 Å². The molecule has 0 saturated heterocycles. The molecular formula is C13H21N3O3Si. The third-order valence-electron chi connectivity index (χ3n) is 2.58. The fourth-order valence-corrected chi connectivity index (χ4v) is 2.22. The fraction of sp³-hybridized carbons (Fsp3) is 0.615. The minimum absolute atomic E-state index is 0.0669. The first kappa shape index (κ1) is 16.4. The summed E-state index contributed by atoms with van der Waals surface area (Å²) in [5.74, 6) is -0.530. The second kappa shape index (κ2) is 7.22. The average molecular weight is 295 g/mol. The summed E-state index contributed by atoms with van der Waals surface area (Å²) in [5, 5.41) is 13.0. The van der Waals surface area contributed by atoms with Gasteiger partial charge in [0.2, 0.25) is 0 Å². The third kappa shape index (κ3) is 5.15. The van der Waals surface area contributed by atoms with Crippen LogP contribution in [0.2, 0.25) is 25.7 Å². The van der Waals surface area contributed by atoms with Crippen LogP contribution in [-0.4, -0.2) is 37.0 Å². The van der Waals surface area contributed by atoms with Crippen LogP contribution in [0.15, 0.2) is 6.20 Å². The highest BCUT2D eigenvalue weighted by Gasteiger charge is 2.17. The number of nitrogens with zero attached hydrogens (tertiary/aromatic N) is 3. The van der Waals surface area contributed by atoms with Crippen molar-refractivity contribution >= 4 is 14.0 Å². The molecule has 0 N–H and O–H groups in total. The van der Waals surface area contributed by atoms with Crippen LogP contribution in [0.3, 0.4) is 0 Å². The number of hydrogen-bond donors (Lipinski definition) is 0. The highest BCUT2D eigenvalue weighted by Crippen LogP contribution is 2.10. The average Bonchev–Trinajstić information content (AvgIpc) is 2.77. The Kier molecular flexibility index (Phi) is 5.92. The Hall–Kier alpha value is -1.65. The topological polar surface area (TPSA) is 77.1 Å². The van der Waals surface area contributed by atoms with Crippen LogP contribution in [0.25, 0.3) is 0 Å². The predicted octanol–water partition coefficient (Wildman–Crippen LogP) is 2.24. The summed E-state index contributed by atoms with van der Waals surface area (Å²) in [4.78, 5) is 11.6. The lowest BCUT2D eigenvalue weighted by molar-refractivity contribution is 0.0524. The summed E-state index contributed by atoms with van der Waals surface area (Å²) in [7, 11) is -1.12. The zero-order valence-electron chi connectivity index (χ0n) is 12.5. The Bertz CT molecular complexity index is 500. The highest BCUT2D eigenvalue weighted by atomic mass is 28.3. The van der Waals surface area contributed by atoms with Crippen LogP contribution < -0.4 is 0 Å². The van der Waals surface area contributed by atoms with Crippen molar-refractivity contribution in [2.45, 2.75) is 39.3 Å². The van der Waals surface area contributed by atoms with Crippen LogP contribution in [0.1, 0.15) is 23.0 Å². The van der Waals surface area contributed by atoms with E-state index < -0.39 is 14.0 Å². The molecule has 0 fully saturated rings. The van der Waals surface area contributed by atoms with Crippen molar-refractivity contribution < 1.29 is 14.3 Å². The smallest absolute Gasteiger partial charge is 0.342 e. The predicted molar refractivity (Wildman–Crippen MR) is 77.0 cm³/mol. The van der Waals surface area contributed by atoms with Crippen molar-refractivity contribution in [3.63, 3.8) is 0 Å². The largest absolute Gasteiger partial charge is 0.462 e. The zero-order chi connectivity index (χ0) is 15.2. The molecule has 1 aromatic heterocycles. The summed E-state index contributed by atoms with van der Waals surface area (Å²) < 4.78 is 11.9. The number of carbonyl (C=O) groups excluding carboxylic acids is 1. The minimum Gasteiger partial charge on any atom is -0.462 e. The molecule has 0 bridgehead atoms. The maximum atomic E-state index is 11.6. The lowest BCUT2D eigenvalue weighted by atomic mass is 10.3. The van der Waals surface area contributed by atoms with Gasteiger partial charge in [-0.25, -0.2) is 9.48 Å². The van der Waals surface area contributed by atoms with E-state index in [1.54, 1.807) is 6.92 Å². The second-order valence-corrected chi connectivity index (χ2v) is 11.2. The molecule has 7 heteroatoms. The van der Waals surface area contributed by atoms with Gasteiger partial charge < -0.3 is 9.47 Å². The van der Waals surface area contributed by atoms with Gasteiger partial charge in [0.15, 0.2) is 5.69 Å². The SMILES string of the molecule is CCOC(=O)c1cn(COCC[Si](C)(C)C)nc1C#N. The first-order valence-corrected chi connectivity index (χ1v) is 10.3. The molecule has 1 rings (SSSR count). The van der Waals surface area contributed by atoms with E-state index >= 15 is 0 Å². The van der Waals surface area contributed by atoms with E-state index in [1.807, 2.05) is 6.07 Å². The molecule has 20 heavy (non-hydrogen) atoms. The molecule has 0 aliphatic heterocycles. The molecule has 0 unspecified atom stereocenters. The van der Waals surface area contributed by atoms with Crippen molar-refractivity contribution in [1.82, 2.24) is 9.78 Å². The summed E-state index contributed by atoms with van der Waals surface area (Å²) in [5.41, 5.74) is 0.250. The molecule has 0 saturated carbocycles. The molecule has 0 atom stereocenters. The first-order chi connectivity index (χ1) is 9.37. The molecule has 1 heterocycles. The molecule has 0 radical (unpaired) electrons. The monoisotopic (exact) mass is 295 g/mol. The minimum atomic E-state index is -1.12. The van der Waals surface area contributed by atoms with Gasteiger partial charge in [-0.1, -0.05) is 19.6 Å². The van der Waals surface area contributed by atoms with Gasteiger partial charge in [0, 0.05) is 20.9 Å². The Labute approximate surface area is 120 Å². The second-order valence-electron chi connectivity index (χ2n) is 5.61. The highest BCUT2D eigenvalue weighted by molar-refractivity contribution is 6.76. The van der Waals surface area contributed by atoms with Gasteiger partial charge >= 0.3 is 5.97 Å². The number of esters is 1. The molecule has 0 aliphatic rings. The molecule has 110 valence electrons. The molecule has 1 aromatic rings. The van der Waals surface area contributed by atoms with Crippen LogP contribution in [0.5, 0.6) is 0 Å². The van der Waals surface area contributed by atoms with Crippen molar-refractivity contribution in [2.75, 3.05) is 13.2 Å². The summed E-state index contributed by atoms with van der Waals surface area (Å²) in [6.07, 6.45) is 1.49. The van der Waals surface area contributed by atoms with Gasteiger partial charge in [-0.05, 0) is 13.0 Å². The number of rotatable bonds is 7. The van der Waals surface area contributed by atoms with E-state index in [-0.39, 0.29) is 24.6 Å². The van der Waals surface area contributed by atoms with Crippen LogP contribution in [-0.2, 0) is 16.2 Å². The standard InChI is InChI=1S/C13H21N3O3Si/c1-5-19-13(17)11-9-16(15-12(11)8-14)10-18-6-7-20(2,3)4/h9H,5-7,10H2,1-4H3. The molecule has 0 amide bonds. The lowest BCUT2D eigenvalue weighted by Crippen LogP contribution is -2.22. The number of hydrogen-bond acceptors (Lipinski definition) is 5. The third-order valence-corrected chi connectivity index (χ3v) is 4.29. The quantitative estimate of drug-likeness (QED) is 0.438. The maximum absolute atomic E-state index is 11.6. The molecule has 0 aliphatic carbocycles. The van der Waals surface area contributed by atoms with E-state index in [1.165, 1.54) is 10.9 Å². The molecular weight excluding hydrogens is 274 g/mol. The molecule has 0 spiro atoms. The first-order valence-electron chi connectivity index (χ1n) is 6.60. The number of nitriles is 1. The summed E-state index contributed by atoms with van der Waals surface area (Å²) >= 11 is 0. The normalized spacial score (nSPS) is 11.2. The van der Waals surface area contributed by atoms with Crippen LogP contribution in [0.4, 0.5) is 0 Å². The summed E-state index contributed by atoms with van der Waals surface area (Å²) in [6, 6.07) is 2.95. The number of ether oxygens (including phenoxy) is 2. The van der Waals surface area contributed by atoms with Gasteiger partial charge in [0.05, 0.1) is 6.61 Å². The van der Waals surface area contributed by atoms with Crippen molar-refractivity contribution in [1.29, 1.82) is 5.26 Å². The molecule has 0 aromatic carbocycles. The Morgan fingerprint density at radius 1 is 1.50 bits per heavy atom. The maximum Gasteiger partial charge on any atom is 0.342 e. The lowest BCUT2D eigenvalue weighted by Gasteiger charge is -2.15. The van der Waals surface area contributed by atoms with E-state index in [0.29, 0.717) is 6.61 Å². The Morgan fingerprint density at radius 2 is 2.20 bits per heavy atom. The van der Waals surface area contributed by atoms with Crippen LogP contribution >= 0.6 is 0 Å². The van der Waals surface area contributed by atoms with E-state index in [2.05, 4.69) is 24.7 Å². The van der Waals surface area contributed by atoms with Crippen molar-refractivity contribution in [2.24, 2.45) is 0 Å². The van der Waals surface area contributed by atoms with Gasteiger partial charge in [0.25, 0.3) is 0 Å². The van der Waals surface area contributed by atoms with Crippen molar-refractivity contribution in [3.05, 3.63) is 17.5 Å². The van der Waals surface area contributed by atoms with Crippen molar-refractivity contribution in [3.8, 4) is 6.07 Å². The van der Waals surface area contributed by atoms with Gasteiger partial charge in [0.1, 0.15) is 18.4 Å².